The Labute approximate surface area is 184 Å². The zero-order chi connectivity index (χ0) is 20.4. The van der Waals surface area contributed by atoms with Crippen molar-refractivity contribution in [2.45, 2.75) is 25.7 Å². The lowest BCUT2D eigenvalue weighted by atomic mass is 10.1. The molecule has 2 rings (SSSR count). The minimum Gasteiger partial charge on any atom is -0.367 e. The maximum Gasteiger partial charge on any atom is 0.411 e. The van der Waals surface area contributed by atoms with Gasteiger partial charge < -0.3 is 15.4 Å². The third-order valence-corrected chi connectivity index (χ3v) is 3.86. The van der Waals surface area contributed by atoms with Crippen molar-refractivity contribution in [3.63, 3.8) is 0 Å². The summed E-state index contributed by atoms with van der Waals surface area (Å²) in [7, 11) is 1.66. The molecular weight excluding hydrogens is 501 g/mol. The SMILES string of the molecule is CN=C(NCCc1ccc(F)cc1)NCc1ccc(COCC(F)(F)F)cc1.I. The number of aliphatic imine (C=N–C) groups is 1. The maximum absolute atomic E-state index is 12.9. The maximum atomic E-state index is 12.9. The number of benzene rings is 2. The summed E-state index contributed by atoms with van der Waals surface area (Å²) in [4.78, 5) is 4.14. The second kappa shape index (κ2) is 12.6. The normalized spacial score (nSPS) is 11.7. The van der Waals surface area contributed by atoms with E-state index in [-0.39, 0.29) is 36.4 Å². The number of nitrogens with one attached hydrogen (secondary N) is 2. The van der Waals surface area contributed by atoms with E-state index < -0.39 is 12.8 Å². The summed E-state index contributed by atoms with van der Waals surface area (Å²) in [6, 6.07) is 13.5. The molecule has 0 aliphatic carbocycles. The fraction of sp³-hybridized carbons (Fsp3) is 0.350. The van der Waals surface area contributed by atoms with Crippen molar-refractivity contribution in [1.82, 2.24) is 10.6 Å². The summed E-state index contributed by atoms with van der Waals surface area (Å²) in [5.74, 6) is 0.367. The first kappa shape index (κ1) is 25.2. The molecule has 160 valence electrons. The average Bonchev–Trinajstić information content (AvgIpc) is 2.66. The fourth-order valence-corrected chi connectivity index (χ4v) is 2.42. The Kier molecular flexibility index (Phi) is 11.0. The number of hydrogen-bond acceptors (Lipinski definition) is 2. The van der Waals surface area contributed by atoms with Crippen molar-refractivity contribution < 1.29 is 22.3 Å². The van der Waals surface area contributed by atoms with Crippen molar-refractivity contribution in [2.24, 2.45) is 4.99 Å². The second-order valence-corrected chi connectivity index (χ2v) is 6.15. The lowest BCUT2D eigenvalue weighted by Crippen LogP contribution is -2.37. The summed E-state index contributed by atoms with van der Waals surface area (Å²) in [5.41, 5.74) is 2.66. The minimum atomic E-state index is -4.32. The average molecular weight is 525 g/mol. The van der Waals surface area contributed by atoms with Gasteiger partial charge in [-0.3, -0.25) is 4.99 Å². The molecule has 2 aromatic carbocycles. The molecule has 4 nitrogen and oxygen atoms in total. The van der Waals surface area contributed by atoms with Crippen molar-refractivity contribution in [3.8, 4) is 0 Å². The molecule has 0 atom stereocenters. The van der Waals surface area contributed by atoms with E-state index in [1.807, 2.05) is 12.1 Å². The fourth-order valence-electron chi connectivity index (χ4n) is 2.42. The molecule has 0 aliphatic rings. The van der Waals surface area contributed by atoms with E-state index in [9.17, 15) is 17.6 Å². The van der Waals surface area contributed by atoms with Gasteiger partial charge in [0.1, 0.15) is 12.4 Å². The highest BCUT2D eigenvalue weighted by molar-refractivity contribution is 14.0. The molecule has 0 heterocycles. The van der Waals surface area contributed by atoms with Crippen LogP contribution >= 0.6 is 24.0 Å². The lowest BCUT2D eigenvalue weighted by Gasteiger charge is -2.12. The van der Waals surface area contributed by atoms with E-state index in [2.05, 4.69) is 20.4 Å². The molecule has 0 spiro atoms. The Balaban J connectivity index is 0.00000420. The Bertz CT molecular complexity index is 750. The predicted molar refractivity (Wildman–Crippen MR) is 116 cm³/mol. The van der Waals surface area contributed by atoms with E-state index in [0.717, 1.165) is 17.5 Å². The van der Waals surface area contributed by atoms with Gasteiger partial charge >= 0.3 is 6.18 Å². The Morgan fingerprint density at radius 1 is 0.931 bits per heavy atom. The monoisotopic (exact) mass is 525 g/mol. The number of guanidine groups is 1. The predicted octanol–water partition coefficient (Wildman–Crippen LogP) is 4.43. The standard InChI is InChI=1S/C20H23F4N3O.HI/c1-25-19(26-11-10-15-6-8-18(21)9-7-15)27-12-16-2-4-17(5-3-16)13-28-14-20(22,23)24;/h2-9H,10-14H2,1H3,(H2,25,26,27);1H. The topological polar surface area (TPSA) is 45.7 Å². The van der Waals surface area contributed by atoms with Crippen molar-refractivity contribution in [3.05, 3.63) is 71.0 Å². The lowest BCUT2D eigenvalue weighted by molar-refractivity contribution is -0.176. The minimum absolute atomic E-state index is 0. The summed E-state index contributed by atoms with van der Waals surface area (Å²) >= 11 is 0. The number of rotatable bonds is 8. The van der Waals surface area contributed by atoms with Crippen LogP contribution in [0.2, 0.25) is 0 Å². The third-order valence-electron chi connectivity index (χ3n) is 3.86. The Hall–Kier alpha value is -1.88. The summed E-state index contributed by atoms with van der Waals surface area (Å²) < 4.78 is 53.7. The van der Waals surface area contributed by atoms with Gasteiger partial charge in [0.05, 0.1) is 6.61 Å². The molecule has 0 aliphatic heterocycles. The number of halogens is 5. The van der Waals surface area contributed by atoms with E-state index in [4.69, 9.17) is 0 Å². The third kappa shape index (κ3) is 10.5. The van der Waals surface area contributed by atoms with Gasteiger partial charge in [-0.25, -0.2) is 4.39 Å². The molecule has 9 heteroatoms. The second-order valence-electron chi connectivity index (χ2n) is 6.15. The highest BCUT2D eigenvalue weighted by Crippen LogP contribution is 2.15. The highest BCUT2D eigenvalue weighted by Gasteiger charge is 2.27. The van der Waals surface area contributed by atoms with Crippen LogP contribution in [0.5, 0.6) is 0 Å². The zero-order valence-corrected chi connectivity index (χ0v) is 18.3. The first-order valence-corrected chi connectivity index (χ1v) is 8.77. The summed E-state index contributed by atoms with van der Waals surface area (Å²) in [5, 5.41) is 6.34. The molecule has 0 saturated carbocycles. The molecule has 0 aromatic heterocycles. The van der Waals surface area contributed by atoms with Crippen LogP contribution in [-0.2, 0) is 24.3 Å². The van der Waals surface area contributed by atoms with Gasteiger partial charge in [-0.05, 0) is 35.2 Å². The molecule has 29 heavy (non-hydrogen) atoms. The van der Waals surface area contributed by atoms with E-state index in [0.29, 0.717) is 24.6 Å². The van der Waals surface area contributed by atoms with Crippen LogP contribution in [0.1, 0.15) is 16.7 Å². The molecule has 0 fully saturated rings. The molecular formula is C20H24F4IN3O. The molecule has 0 radical (unpaired) electrons. The van der Waals surface area contributed by atoms with Crippen LogP contribution in [-0.4, -0.2) is 32.3 Å². The molecule has 0 saturated heterocycles. The summed E-state index contributed by atoms with van der Waals surface area (Å²) in [6.45, 7) is -0.184. The van der Waals surface area contributed by atoms with Gasteiger partial charge in [0.2, 0.25) is 0 Å². The first-order chi connectivity index (χ1) is 13.4. The number of ether oxygens (including phenoxy) is 1. The van der Waals surface area contributed by atoms with Crippen molar-refractivity contribution >= 4 is 29.9 Å². The zero-order valence-electron chi connectivity index (χ0n) is 15.9. The van der Waals surface area contributed by atoms with Crippen LogP contribution in [0.25, 0.3) is 0 Å². The van der Waals surface area contributed by atoms with E-state index >= 15 is 0 Å². The van der Waals surface area contributed by atoms with Gasteiger partial charge in [0.25, 0.3) is 0 Å². The van der Waals surface area contributed by atoms with Crippen LogP contribution in [0.15, 0.2) is 53.5 Å². The van der Waals surface area contributed by atoms with Crippen LogP contribution in [0.4, 0.5) is 17.6 Å². The smallest absolute Gasteiger partial charge is 0.367 e. The van der Waals surface area contributed by atoms with E-state index in [1.54, 1.807) is 31.3 Å². The van der Waals surface area contributed by atoms with Crippen molar-refractivity contribution in [2.75, 3.05) is 20.2 Å². The summed E-state index contributed by atoms with van der Waals surface area (Å²) in [6.07, 6.45) is -3.59. The Morgan fingerprint density at radius 2 is 1.52 bits per heavy atom. The number of nitrogens with zero attached hydrogens (tertiary/aromatic N) is 1. The largest absolute Gasteiger partial charge is 0.411 e. The molecule has 0 amide bonds. The van der Waals surface area contributed by atoms with Crippen molar-refractivity contribution in [1.29, 1.82) is 0 Å². The quantitative estimate of drug-likeness (QED) is 0.232. The molecule has 0 unspecified atom stereocenters. The van der Waals surface area contributed by atoms with Crippen LogP contribution < -0.4 is 10.6 Å². The molecule has 2 N–H and O–H groups in total. The number of alkyl halides is 3. The van der Waals surface area contributed by atoms with Gasteiger partial charge in [-0.15, -0.1) is 24.0 Å². The van der Waals surface area contributed by atoms with Crippen LogP contribution in [0.3, 0.4) is 0 Å². The number of hydrogen-bond donors (Lipinski definition) is 2. The van der Waals surface area contributed by atoms with Gasteiger partial charge in [0, 0.05) is 20.1 Å². The molecule has 0 bridgehead atoms. The van der Waals surface area contributed by atoms with Gasteiger partial charge in [0.15, 0.2) is 5.96 Å². The van der Waals surface area contributed by atoms with Crippen LogP contribution in [0, 0.1) is 5.82 Å². The van der Waals surface area contributed by atoms with E-state index in [1.165, 1.54) is 12.1 Å². The molecule has 2 aromatic rings. The van der Waals surface area contributed by atoms with Gasteiger partial charge in [-0.1, -0.05) is 36.4 Å². The first-order valence-electron chi connectivity index (χ1n) is 8.77. The Morgan fingerprint density at radius 3 is 2.10 bits per heavy atom. The highest BCUT2D eigenvalue weighted by atomic mass is 127. The van der Waals surface area contributed by atoms with Gasteiger partial charge in [-0.2, -0.15) is 13.2 Å².